The number of nitrogen functional groups attached to an aromatic ring is 1. The van der Waals surface area contributed by atoms with Gasteiger partial charge < -0.3 is 16.4 Å². The third-order valence-corrected chi connectivity index (χ3v) is 3.59. The summed E-state index contributed by atoms with van der Waals surface area (Å²) >= 11 is 0. The Balaban J connectivity index is 1.78. The number of rotatable bonds is 3. The Labute approximate surface area is 122 Å². The molecule has 0 aliphatic carbocycles. The molecule has 4 N–H and O–H groups in total. The summed E-state index contributed by atoms with van der Waals surface area (Å²) in [6.45, 7) is 1.94. The summed E-state index contributed by atoms with van der Waals surface area (Å²) in [7, 11) is 0. The fraction of sp³-hybridized carbons (Fsp3) is 0.267. The first kappa shape index (κ1) is 13.4. The second-order valence-corrected chi connectivity index (χ2v) is 5.39. The number of fused-ring (bicyclic) bond motifs is 1. The van der Waals surface area contributed by atoms with Gasteiger partial charge in [-0.3, -0.25) is 4.79 Å². The molecule has 1 aromatic heterocycles. The summed E-state index contributed by atoms with van der Waals surface area (Å²) in [5.41, 5.74) is 6.67. The standard InChI is InChI=1S/C15H17N5O/c1-15(8-7-10-5-3-2-4-6-10)19-12-11(13(21)20-15)9-17-14(16)18-12/h2-6,9H,7-8H2,1H3,(H,20,21)(H3,16,17,18,19). The summed E-state index contributed by atoms with van der Waals surface area (Å²) in [5.74, 6) is 0.461. The van der Waals surface area contributed by atoms with Gasteiger partial charge in [-0.2, -0.15) is 4.98 Å². The Morgan fingerprint density at radius 2 is 2.00 bits per heavy atom. The van der Waals surface area contributed by atoms with Crippen LogP contribution in [0.3, 0.4) is 0 Å². The van der Waals surface area contributed by atoms with Crippen molar-refractivity contribution in [1.29, 1.82) is 0 Å². The number of aryl methyl sites for hydroxylation is 1. The van der Waals surface area contributed by atoms with E-state index in [2.05, 4.69) is 32.7 Å². The molecule has 1 aliphatic rings. The average Bonchev–Trinajstić information content (AvgIpc) is 2.46. The molecule has 1 aromatic carbocycles. The van der Waals surface area contributed by atoms with E-state index in [0.29, 0.717) is 11.4 Å². The number of hydrogen-bond donors (Lipinski definition) is 3. The molecule has 21 heavy (non-hydrogen) atoms. The molecule has 6 heteroatoms. The first-order valence-corrected chi connectivity index (χ1v) is 6.83. The third-order valence-electron chi connectivity index (χ3n) is 3.59. The lowest BCUT2D eigenvalue weighted by molar-refractivity contribution is 0.0902. The third kappa shape index (κ3) is 2.79. The monoisotopic (exact) mass is 283 g/mol. The van der Waals surface area contributed by atoms with Gasteiger partial charge in [0.15, 0.2) is 0 Å². The van der Waals surface area contributed by atoms with Gasteiger partial charge in [-0.25, -0.2) is 4.98 Å². The Morgan fingerprint density at radius 3 is 2.76 bits per heavy atom. The van der Waals surface area contributed by atoms with Gasteiger partial charge in [0.2, 0.25) is 5.95 Å². The molecule has 108 valence electrons. The highest BCUT2D eigenvalue weighted by atomic mass is 16.2. The number of hydrogen-bond acceptors (Lipinski definition) is 5. The van der Waals surface area contributed by atoms with Gasteiger partial charge in [0.05, 0.1) is 0 Å². The van der Waals surface area contributed by atoms with Gasteiger partial charge in [0.1, 0.15) is 17.0 Å². The lowest BCUT2D eigenvalue weighted by Crippen LogP contribution is -2.56. The van der Waals surface area contributed by atoms with Crippen LogP contribution in [-0.2, 0) is 6.42 Å². The van der Waals surface area contributed by atoms with Crippen molar-refractivity contribution in [2.75, 3.05) is 11.1 Å². The van der Waals surface area contributed by atoms with E-state index >= 15 is 0 Å². The minimum Gasteiger partial charge on any atom is -0.368 e. The molecule has 2 aromatic rings. The normalized spacial score (nSPS) is 20.3. The molecule has 0 saturated heterocycles. The molecule has 3 rings (SSSR count). The second-order valence-electron chi connectivity index (χ2n) is 5.39. The van der Waals surface area contributed by atoms with Crippen LogP contribution in [0.5, 0.6) is 0 Å². The molecule has 0 spiro atoms. The van der Waals surface area contributed by atoms with E-state index in [1.54, 1.807) is 0 Å². The van der Waals surface area contributed by atoms with Crippen molar-refractivity contribution in [3.05, 3.63) is 47.7 Å². The second kappa shape index (κ2) is 5.05. The molecular weight excluding hydrogens is 266 g/mol. The summed E-state index contributed by atoms with van der Waals surface area (Å²) in [5, 5.41) is 6.22. The molecule has 0 radical (unpaired) electrons. The van der Waals surface area contributed by atoms with Crippen LogP contribution in [0.15, 0.2) is 36.5 Å². The van der Waals surface area contributed by atoms with Crippen LogP contribution in [0.25, 0.3) is 0 Å². The Bertz CT molecular complexity index is 673. The van der Waals surface area contributed by atoms with Crippen molar-refractivity contribution >= 4 is 17.7 Å². The van der Waals surface area contributed by atoms with E-state index in [4.69, 9.17) is 5.73 Å². The summed E-state index contributed by atoms with van der Waals surface area (Å²) < 4.78 is 0. The molecule has 0 fully saturated rings. The number of amides is 1. The number of aromatic nitrogens is 2. The van der Waals surface area contributed by atoms with Crippen LogP contribution in [0.1, 0.15) is 29.3 Å². The maximum atomic E-state index is 12.2. The van der Waals surface area contributed by atoms with E-state index in [1.807, 2.05) is 25.1 Å². The molecule has 2 heterocycles. The topological polar surface area (TPSA) is 92.9 Å². The zero-order chi connectivity index (χ0) is 14.9. The molecule has 1 aliphatic heterocycles. The molecular formula is C15H17N5O. The van der Waals surface area contributed by atoms with Gasteiger partial charge in [-0.15, -0.1) is 0 Å². The molecule has 0 bridgehead atoms. The number of carbonyl (C=O) groups excluding carboxylic acids is 1. The SMILES string of the molecule is CC1(CCc2ccccc2)NC(=O)c2cnc(N)nc2N1. The highest BCUT2D eigenvalue weighted by molar-refractivity contribution is 6.01. The number of anilines is 2. The molecule has 1 atom stereocenters. The summed E-state index contributed by atoms with van der Waals surface area (Å²) in [4.78, 5) is 20.1. The highest BCUT2D eigenvalue weighted by Crippen LogP contribution is 2.25. The molecule has 1 amide bonds. The van der Waals surface area contributed by atoms with E-state index in [9.17, 15) is 4.79 Å². The number of nitrogens with two attached hydrogens (primary N) is 1. The summed E-state index contributed by atoms with van der Waals surface area (Å²) in [6, 6.07) is 10.1. The van der Waals surface area contributed by atoms with Crippen molar-refractivity contribution in [2.45, 2.75) is 25.4 Å². The Morgan fingerprint density at radius 1 is 1.24 bits per heavy atom. The van der Waals surface area contributed by atoms with Crippen molar-refractivity contribution in [3.63, 3.8) is 0 Å². The fourth-order valence-corrected chi connectivity index (χ4v) is 2.43. The lowest BCUT2D eigenvalue weighted by atomic mass is 9.98. The van der Waals surface area contributed by atoms with E-state index in [1.165, 1.54) is 11.8 Å². The van der Waals surface area contributed by atoms with Gasteiger partial charge in [0.25, 0.3) is 5.91 Å². The van der Waals surface area contributed by atoms with Crippen molar-refractivity contribution in [1.82, 2.24) is 15.3 Å². The predicted octanol–water partition coefficient (Wildman–Crippen LogP) is 1.56. The smallest absolute Gasteiger partial charge is 0.258 e. The minimum atomic E-state index is -0.555. The summed E-state index contributed by atoms with van der Waals surface area (Å²) in [6.07, 6.45) is 3.03. The van der Waals surface area contributed by atoms with E-state index < -0.39 is 5.66 Å². The molecule has 0 saturated carbocycles. The first-order chi connectivity index (χ1) is 10.1. The van der Waals surface area contributed by atoms with Crippen LogP contribution < -0.4 is 16.4 Å². The average molecular weight is 283 g/mol. The maximum absolute atomic E-state index is 12.2. The van der Waals surface area contributed by atoms with Crippen molar-refractivity contribution in [3.8, 4) is 0 Å². The van der Waals surface area contributed by atoms with Crippen LogP contribution >= 0.6 is 0 Å². The lowest BCUT2D eigenvalue weighted by Gasteiger charge is -2.36. The van der Waals surface area contributed by atoms with Crippen LogP contribution in [-0.4, -0.2) is 21.5 Å². The first-order valence-electron chi connectivity index (χ1n) is 6.83. The molecule has 1 unspecified atom stereocenters. The van der Waals surface area contributed by atoms with Gasteiger partial charge in [-0.1, -0.05) is 30.3 Å². The number of carbonyl (C=O) groups is 1. The quantitative estimate of drug-likeness (QED) is 0.795. The predicted molar refractivity (Wildman–Crippen MR) is 80.7 cm³/mol. The fourth-order valence-electron chi connectivity index (χ4n) is 2.43. The minimum absolute atomic E-state index is 0.154. The van der Waals surface area contributed by atoms with Crippen molar-refractivity contribution in [2.24, 2.45) is 0 Å². The number of nitrogens with zero attached hydrogens (tertiary/aromatic N) is 2. The van der Waals surface area contributed by atoms with Crippen LogP contribution in [0.2, 0.25) is 0 Å². The number of benzene rings is 1. The van der Waals surface area contributed by atoms with E-state index in [-0.39, 0.29) is 11.9 Å². The largest absolute Gasteiger partial charge is 0.368 e. The van der Waals surface area contributed by atoms with E-state index in [0.717, 1.165) is 12.8 Å². The Kier molecular flexibility index (Phi) is 3.21. The van der Waals surface area contributed by atoms with Crippen molar-refractivity contribution < 1.29 is 4.79 Å². The number of nitrogens with one attached hydrogen (secondary N) is 2. The Hall–Kier alpha value is -2.63. The van der Waals surface area contributed by atoms with Crippen LogP contribution in [0.4, 0.5) is 11.8 Å². The van der Waals surface area contributed by atoms with Gasteiger partial charge >= 0.3 is 0 Å². The zero-order valence-corrected chi connectivity index (χ0v) is 11.8. The maximum Gasteiger partial charge on any atom is 0.258 e. The van der Waals surface area contributed by atoms with Gasteiger partial charge in [-0.05, 0) is 25.3 Å². The highest BCUT2D eigenvalue weighted by Gasteiger charge is 2.34. The van der Waals surface area contributed by atoms with Gasteiger partial charge in [0, 0.05) is 6.20 Å². The van der Waals surface area contributed by atoms with Crippen LogP contribution in [0, 0.1) is 0 Å². The zero-order valence-electron chi connectivity index (χ0n) is 11.8. The molecule has 6 nitrogen and oxygen atoms in total.